The minimum Gasteiger partial charge on any atom is -0.352 e. The van der Waals surface area contributed by atoms with Crippen molar-refractivity contribution in [2.45, 2.75) is 62.6 Å². The first-order valence-corrected chi connectivity index (χ1v) is 15.2. The molecule has 3 aromatic carbocycles. The van der Waals surface area contributed by atoms with Gasteiger partial charge in [0.15, 0.2) is 0 Å². The molecule has 4 rings (SSSR count). The fraction of sp³-hybridized carbons (Fsp3) is 0.379. The maximum atomic E-state index is 13.6. The van der Waals surface area contributed by atoms with Gasteiger partial charge in [0, 0.05) is 24.1 Å². The van der Waals surface area contributed by atoms with Crippen LogP contribution in [0, 0.1) is 0 Å². The predicted molar refractivity (Wildman–Crippen MR) is 153 cm³/mol. The second kappa shape index (κ2) is 12.4. The molecule has 0 radical (unpaired) electrons. The molecule has 202 valence electrons. The smallest absolute Gasteiger partial charge is 0.243 e. The molecule has 1 N–H and O–H groups in total. The lowest BCUT2D eigenvalue weighted by atomic mass is 9.95. The minimum absolute atomic E-state index is 0.110. The highest BCUT2D eigenvalue weighted by Crippen LogP contribution is 2.22. The molecule has 3 aromatic rings. The summed E-state index contributed by atoms with van der Waals surface area (Å²) in [5.41, 5.74) is 0.846. The number of rotatable bonds is 9. The number of nitrogens with zero attached hydrogens (tertiary/aromatic N) is 2. The number of benzene rings is 3. The number of fused-ring (bicyclic) bond motifs is 1. The predicted octanol–water partition coefficient (Wildman–Crippen LogP) is 5.09. The quantitative estimate of drug-likeness (QED) is 0.371. The molecule has 1 fully saturated rings. The van der Waals surface area contributed by atoms with E-state index in [2.05, 4.69) is 21.2 Å². The van der Waals surface area contributed by atoms with Crippen molar-refractivity contribution in [3.63, 3.8) is 0 Å². The number of hydrogen-bond acceptors (Lipinski definition) is 4. The van der Waals surface area contributed by atoms with Crippen LogP contribution in [-0.4, -0.2) is 55.1 Å². The van der Waals surface area contributed by atoms with Crippen molar-refractivity contribution in [1.29, 1.82) is 0 Å². The van der Waals surface area contributed by atoms with Crippen LogP contribution < -0.4 is 5.32 Å². The Morgan fingerprint density at radius 3 is 2.32 bits per heavy atom. The lowest BCUT2D eigenvalue weighted by molar-refractivity contribution is -0.141. The van der Waals surface area contributed by atoms with Crippen molar-refractivity contribution in [3.8, 4) is 0 Å². The Bertz CT molecular complexity index is 1390. The van der Waals surface area contributed by atoms with E-state index in [0.717, 1.165) is 50.8 Å². The molecule has 1 aliphatic rings. The summed E-state index contributed by atoms with van der Waals surface area (Å²) in [6, 6.07) is 19.3. The highest BCUT2D eigenvalue weighted by atomic mass is 79.9. The maximum absolute atomic E-state index is 13.6. The molecule has 38 heavy (non-hydrogen) atoms. The number of hydrogen-bond donors (Lipinski definition) is 1. The number of nitrogens with one attached hydrogen (secondary N) is 1. The summed E-state index contributed by atoms with van der Waals surface area (Å²) < 4.78 is 28.7. The van der Waals surface area contributed by atoms with E-state index in [4.69, 9.17) is 0 Å². The van der Waals surface area contributed by atoms with Gasteiger partial charge in [0.05, 0.1) is 11.4 Å². The van der Waals surface area contributed by atoms with Crippen LogP contribution in [0.2, 0.25) is 0 Å². The van der Waals surface area contributed by atoms with Crippen LogP contribution in [0.4, 0.5) is 0 Å². The largest absolute Gasteiger partial charge is 0.352 e. The Kier molecular flexibility index (Phi) is 9.23. The Morgan fingerprint density at radius 1 is 0.974 bits per heavy atom. The monoisotopic (exact) mass is 599 g/mol. The Labute approximate surface area is 233 Å². The van der Waals surface area contributed by atoms with Crippen LogP contribution in [0.1, 0.15) is 44.6 Å². The maximum Gasteiger partial charge on any atom is 0.243 e. The molecule has 0 aromatic heterocycles. The van der Waals surface area contributed by atoms with E-state index < -0.39 is 22.0 Å². The molecule has 1 atom stereocenters. The van der Waals surface area contributed by atoms with E-state index in [1.165, 1.54) is 18.4 Å². The van der Waals surface area contributed by atoms with Crippen LogP contribution in [0.25, 0.3) is 10.8 Å². The van der Waals surface area contributed by atoms with Gasteiger partial charge in [-0.1, -0.05) is 77.7 Å². The summed E-state index contributed by atoms with van der Waals surface area (Å²) in [5, 5.41) is 4.84. The molecule has 1 aliphatic carbocycles. The van der Waals surface area contributed by atoms with Gasteiger partial charge in [-0.3, -0.25) is 9.59 Å². The van der Waals surface area contributed by atoms with Crippen LogP contribution in [0.3, 0.4) is 0 Å². The Hall–Kier alpha value is -2.75. The lowest BCUT2D eigenvalue weighted by Crippen LogP contribution is -2.52. The number of amides is 2. The molecule has 9 heteroatoms. The summed E-state index contributed by atoms with van der Waals surface area (Å²) in [5.74, 6) is -0.659. The van der Waals surface area contributed by atoms with E-state index in [-0.39, 0.29) is 29.9 Å². The Morgan fingerprint density at radius 2 is 1.63 bits per heavy atom. The number of sulfonamides is 1. The van der Waals surface area contributed by atoms with E-state index in [1.54, 1.807) is 25.1 Å². The van der Waals surface area contributed by atoms with Gasteiger partial charge in [-0.25, -0.2) is 8.42 Å². The molecule has 0 saturated heterocycles. The summed E-state index contributed by atoms with van der Waals surface area (Å²) >= 11 is 3.42. The van der Waals surface area contributed by atoms with Gasteiger partial charge in [-0.05, 0) is 60.4 Å². The summed E-state index contributed by atoms with van der Waals surface area (Å²) in [6.45, 7) is 1.51. The topological polar surface area (TPSA) is 86.8 Å². The van der Waals surface area contributed by atoms with Crippen molar-refractivity contribution >= 4 is 48.5 Å². The van der Waals surface area contributed by atoms with Gasteiger partial charge < -0.3 is 10.2 Å². The van der Waals surface area contributed by atoms with Crippen LogP contribution in [0.15, 0.2) is 76.1 Å². The molecule has 0 unspecified atom stereocenters. The van der Waals surface area contributed by atoms with Gasteiger partial charge in [0.1, 0.15) is 6.04 Å². The average molecular weight is 601 g/mol. The molecule has 1 saturated carbocycles. The summed E-state index contributed by atoms with van der Waals surface area (Å²) in [6.07, 6.45) is 5.21. The fourth-order valence-corrected chi connectivity index (χ4v) is 6.23. The molecular formula is C29H34BrN3O4S. The molecule has 0 spiro atoms. The first-order chi connectivity index (χ1) is 18.1. The second-order valence-corrected chi connectivity index (χ2v) is 12.9. The fourth-order valence-electron chi connectivity index (χ4n) is 4.81. The SMILES string of the molecule is C[C@@H](C(=O)NC1CCCCC1)N(Cc1ccc(Br)cc1)C(=O)CN(C)S(=O)(=O)c1ccc2ccccc2c1. The van der Waals surface area contributed by atoms with Gasteiger partial charge in [0.25, 0.3) is 0 Å². The van der Waals surface area contributed by atoms with Gasteiger partial charge >= 0.3 is 0 Å². The van der Waals surface area contributed by atoms with Crippen LogP contribution in [-0.2, 0) is 26.2 Å². The zero-order valence-corrected chi connectivity index (χ0v) is 24.2. The lowest BCUT2D eigenvalue weighted by Gasteiger charge is -2.32. The minimum atomic E-state index is -3.93. The first-order valence-electron chi connectivity index (χ1n) is 12.9. The molecule has 0 aliphatic heterocycles. The Balaban J connectivity index is 1.53. The highest BCUT2D eigenvalue weighted by Gasteiger charge is 2.31. The van der Waals surface area contributed by atoms with Gasteiger partial charge in [-0.2, -0.15) is 4.31 Å². The van der Waals surface area contributed by atoms with Crippen molar-refractivity contribution < 1.29 is 18.0 Å². The third-order valence-corrected chi connectivity index (χ3v) is 9.50. The summed E-state index contributed by atoms with van der Waals surface area (Å²) in [4.78, 5) is 28.4. The molecule has 0 bridgehead atoms. The van der Waals surface area contributed by atoms with E-state index in [0.29, 0.717) is 0 Å². The standard InChI is InChI=1S/C29H34BrN3O4S/c1-21(29(35)31-26-10-4-3-5-11-26)33(19-22-12-15-25(30)16-13-22)28(34)20-32(2)38(36,37)27-17-14-23-8-6-7-9-24(23)18-27/h6-9,12-18,21,26H,3-5,10-11,19-20H2,1-2H3,(H,31,35)/t21-/m0/s1. The normalized spacial score (nSPS) is 15.4. The van der Waals surface area contributed by atoms with Crippen molar-refractivity contribution in [1.82, 2.24) is 14.5 Å². The molecule has 0 heterocycles. The zero-order chi connectivity index (χ0) is 27.3. The van der Waals surface area contributed by atoms with Crippen molar-refractivity contribution in [2.75, 3.05) is 13.6 Å². The van der Waals surface area contributed by atoms with Gasteiger partial charge in [-0.15, -0.1) is 0 Å². The highest BCUT2D eigenvalue weighted by molar-refractivity contribution is 9.10. The molecule has 2 amide bonds. The third kappa shape index (κ3) is 6.81. The van der Waals surface area contributed by atoms with Crippen molar-refractivity contribution in [2.24, 2.45) is 0 Å². The first kappa shape index (κ1) is 28.3. The number of carbonyl (C=O) groups is 2. The second-order valence-electron chi connectivity index (χ2n) is 9.94. The number of carbonyl (C=O) groups excluding carboxylic acids is 2. The van der Waals surface area contributed by atoms with E-state index in [9.17, 15) is 18.0 Å². The van der Waals surface area contributed by atoms with E-state index >= 15 is 0 Å². The summed E-state index contributed by atoms with van der Waals surface area (Å²) in [7, 11) is -2.53. The van der Waals surface area contributed by atoms with Crippen molar-refractivity contribution in [3.05, 3.63) is 76.8 Å². The zero-order valence-electron chi connectivity index (χ0n) is 21.8. The number of halogens is 1. The van der Waals surface area contributed by atoms with Gasteiger partial charge in [0.2, 0.25) is 21.8 Å². The molecule has 7 nitrogen and oxygen atoms in total. The number of likely N-dealkylation sites (N-methyl/N-ethyl adjacent to an activating group) is 1. The molecular weight excluding hydrogens is 566 g/mol. The third-order valence-electron chi connectivity index (χ3n) is 7.17. The van der Waals surface area contributed by atoms with E-state index in [1.807, 2.05) is 48.5 Å². The van der Waals surface area contributed by atoms with Crippen LogP contribution >= 0.6 is 15.9 Å². The average Bonchev–Trinajstić information content (AvgIpc) is 2.92. The van der Waals surface area contributed by atoms with Crippen LogP contribution in [0.5, 0.6) is 0 Å².